The quantitative estimate of drug-likeness (QED) is 0.144. The Morgan fingerprint density at radius 1 is 0.788 bits per heavy atom. The highest BCUT2D eigenvalue weighted by Crippen LogP contribution is 2.23. The summed E-state index contributed by atoms with van der Waals surface area (Å²) in [5.74, 6) is -0.141. The standard InChI is InChI=1S/C39H53N5O7S/c1-11-29(49-8)24-34(45)42(5)33(23-28-14-18-31(51-10)19-15-28)38(47)44(7)35(25(2)3)39(48)43(6)32(22-27-12-16-30(50-9)17-13-27)36(46)41-26(4)37-40-20-21-52-37/h12-21,24-26,32-33,35H,11,22-23H2,1-10H3,(H,41,46). The second-order valence-corrected chi connectivity index (χ2v) is 13.9. The van der Waals surface area contributed by atoms with Gasteiger partial charge in [-0.1, -0.05) is 45.0 Å². The molecule has 4 atom stereocenters. The molecular weight excluding hydrogens is 683 g/mol. The van der Waals surface area contributed by atoms with Crippen molar-refractivity contribution in [2.75, 3.05) is 42.5 Å². The van der Waals surface area contributed by atoms with Gasteiger partial charge >= 0.3 is 0 Å². The van der Waals surface area contributed by atoms with Crippen LogP contribution in [0, 0.1) is 5.92 Å². The number of likely N-dealkylation sites (N-methyl/N-ethyl adjacent to an activating group) is 3. The Morgan fingerprint density at radius 2 is 1.33 bits per heavy atom. The average molecular weight is 736 g/mol. The number of nitrogens with one attached hydrogen (secondary N) is 1. The van der Waals surface area contributed by atoms with Gasteiger partial charge in [0.1, 0.15) is 40.4 Å². The van der Waals surface area contributed by atoms with E-state index in [0.29, 0.717) is 23.7 Å². The zero-order valence-electron chi connectivity index (χ0n) is 31.9. The molecule has 4 unspecified atom stereocenters. The first-order valence-electron chi connectivity index (χ1n) is 17.3. The predicted molar refractivity (Wildman–Crippen MR) is 202 cm³/mol. The molecule has 1 aromatic heterocycles. The summed E-state index contributed by atoms with van der Waals surface area (Å²) >= 11 is 1.43. The summed E-state index contributed by atoms with van der Waals surface area (Å²) in [5.41, 5.74) is 1.62. The number of carbonyl (C=O) groups is 4. The van der Waals surface area contributed by atoms with Crippen LogP contribution in [0.4, 0.5) is 0 Å². The highest BCUT2D eigenvalue weighted by molar-refractivity contribution is 7.09. The van der Waals surface area contributed by atoms with Crippen LogP contribution in [-0.4, -0.2) is 104 Å². The Balaban J connectivity index is 1.98. The minimum absolute atomic E-state index is 0.184. The van der Waals surface area contributed by atoms with Crippen molar-refractivity contribution in [1.29, 1.82) is 0 Å². The molecule has 4 amide bonds. The maximum absolute atomic E-state index is 14.6. The summed E-state index contributed by atoms with van der Waals surface area (Å²) < 4.78 is 15.9. The highest BCUT2D eigenvalue weighted by atomic mass is 32.1. The van der Waals surface area contributed by atoms with Gasteiger partial charge in [-0.3, -0.25) is 19.2 Å². The van der Waals surface area contributed by atoms with E-state index < -0.39 is 35.8 Å². The Morgan fingerprint density at radius 3 is 1.77 bits per heavy atom. The molecule has 0 radical (unpaired) electrons. The smallest absolute Gasteiger partial charge is 0.250 e. The minimum Gasteiger partial charge on any atom is -0.501 e. The van der Waals surface area contributed by atoms with Gasteiger partial charge in [-0.15, -0.1) is 11.3 Å². The fourth-order valence-electron chi connectivity index (χ4n) is 5.92. The minimum atomic E-state index is -0.964. The molecule has 3 aromatic rings. The number of hydrogen-bond donors (Lipinski definition) is 1. The second kappa shape index (κ2) is 19.6. The fraction of sp³-hybridized carbons (Fsp3) is 0.462. The molecule has 12 nitrogen and oxygen atoms in total. The van der Waals surface area contributed by atoms with Crippen molar-refractivity contribution < 1.29 is 33.4 Å². The SMILES string of the molecule is CCC(=CC(=O)N(C)C(Cc1ccc(OC)cc1)C(=O)N(C)C(C(=O)N(C)C(Cc1ccc(OC)cc1)C(=O)NC(C)c1nccs1)C(C)C)OC. The van der Waals surface area contributed by atoms with Gasteiger partial charge in [-0.2, -0.15) is 0 Å². The molecule has 1 N–H and O–H groups in total. The highest BCUT2D eigenvalue weighted by Gasteiger charge is 2.40. The van der Waals surface area contributed by atoms with Crippen molar-refractivity contribution in [1.82, 2.24) is 25.0 Å². The van der Waals surface area contributed by atoms with Crippen molar-refractivity contribution in [2.45, 2.75) is 71.1 Å². The monoisotopic (exact) mass is 735 g/mol. The molecule has 0 fully saturated rings. The lowest BCUT2D eigenvalue weighted by Crippen LogP contribution is -2.59. The Bertz CT molecular complexity index is 1640. The van der Waals surface area contributed by atoms with Crippen LogP contribution in [0.25, 0.3) is 0 Å². The summed E-state index contributed by atoms with van der Waals surface area (Å²) in [4.78, 5) is 65.1. The molecule has 0 aliphatic carbocycles. The van der Waals surface area contributed by atoms with Gasteiger partial charge in [0.2, 0.25) is 23.6 Å². The van der Waals surface area contributed by atoms with E-state index in [1.165, 1.54) is 39.2 Å². The van der Waals surface area contributed by atoms with E-state index in [4.69, 9.17) is 14.2 Å². The summed E-state index contributed by atoms with van der Waals surface area (Å²) in [6.45, 7) is 7.42. The van der Waals surface area contributed by atoms with E-state index in [9.17, 15) is 19.2 Å². The Kier molecular flexibility index (Phi) is 15.7. The number of aromatic nitrogens is 1. The van der Waals surface area contributed by atoms with Gasteiger partial charge in [0.25, 0.3) is 0 Å². The fourth-order valence-corrected chi connectivity index (χ4v) is 6.56. The Labute approximate surface area is 311 Å². The van der Waals surface area contributed by atoms with Crippen LogP contribution in [0.3, 0.4) is 0 Å². The van der Waals surface area contributed by atoms with Crippen LogP contribution in [-0.2, 0) is 36.8 Å². The van der Waals surface area contributed by atoms with Crippen molar-refractivity contribution in [3.8, 4) is 11.5 Å². The van der Waals surface area contributed by atoms with Crippen molar-refractivity contribution in [3.63, 3.8) is 0 Å². The van der Waals surface area contributed by atoms with Crippen molar-refractivity contribution >= 4 is 35.0 Å². The van der Waals surface area contributed by atoms with Gasteiger partial charge < -0.3 is 34.2 Å². The molecule has 13 heteroatoms. The molecule has 0 bridgehead atoms. The lowest BCUT2D eigenvalue weighted by molar-refractivity contribution is -0.152. The van der Waals surface area contributed by atoms with Crippen LogP contribution in [0.5, 0.6) is 11.5 Å². The van der Waals surface area contributed by atoms with Gasteiger partial charge in [-0.05, 0) is 48.2 Å². The lowest BCUT2D eigenvalue weighted by atomic mass is 9.96. The molecule has 0 aliphatic heterocycles. The lowest BCUT2D eigenvalue weighted by Gasteiger charge is -2.39. The zero-order valence-corrected chi connectivity index (χ0v) is 32.7. The van der Waals surface area contributed by atoms with Gasteiger partial charge in [-0.25, -0.2) is 4.98 Å². The van der Waals surface area contributed by atoms with Crippen LogP contribution in [0.15, 0.2) is 71.9 Å². The van der Waals surface area contributed by atoms with Gasteiger partial charge in [0.15, 0.2) is 0 Å². The molecule has 0 spiro atoms. The van der Waals surface area contributed by atoms with Gasteiger partial charge in [0.05, 0.1) is 27.4 Å². The molecule has 3 rings (SSSR count). The van der Waals surface area contributed by atoms with E-state index in [2.05, 4.69) is 10.3 Å². The third-order valence-corrected chi connectivity index (χ3v) is 10.1. The molecule has 0 aliphatic rings. The first-order valence-corrected chi connectivity index (χ1v) is 18.1. The summed E-state index contributed by atoms with van der Waals surface area (Å²) in [6, 6.07) is 11.4. The third kappa shape index (κ3) is 10.8. The summed E-state index contributed by atoms with van der Waals surface area (Å²) in [7, 11) is 9.37. The van der Waals surface area contributed by atoms with Crippen molar-refractivity contribution in [3.05, 3.63) is 88.1 Å². The average Bonchev–Trinajstić information content (AvgIpc) is 3.70. The molecule has 282 valence electrons. The van der Waals surface area contributed by atoms with Crippen LogP contribution >= 0.6 is 11.3 Å². The first kappa shape index (κ1) is 41.5. The van der Waals surface area contributed by atoms with E-state index in [0.717, 1.165) is 16.1 Å². The number of carbonyl (C=O) groups excluding carboxylic acids is 4. The number of amides is 4. The van der Waals surface area contributed by atoms with Gasteiger partial charge in [0, 0.05) is 58.1 Å². The van der Waals surface area contributed by atoms with E-state index in [-0.39, 0.29) is 30.7 Å². The second-order valence-electron chi connectivity index (χ2n) is 12.9. The number of allylic oxidation sites excluding steroid dienone is 1. The maximum atomic E-state index is 14.6. The number of ether oxygens (including phenoxy) is 3. The Hall–Kier alpha value is -4.91. The first-order chi connectivity index (χ1) is 24.8. The molecule has 0 saturated heterocycles. The van der Waals surface area contributed by atoms with E-state index in [1.807, 2.05) is 57.3 Å². The summed E-state index contributed by atoms with van der Waals surface area (Å²) in [5, 5.41) is 5.61. The molecule has 0 saturated carbocycles. The normalized spacial score (nSPS) is 13.7. The molecular formula is C39H53N5O7S. The van der Waals surface area contributed by atoms with Crippen molar-refractivity contribution in [2.24, 2.45) is 5.92 Å². The topological polar surface area (TPSA) is 131 Å². The number of nitrogens with zero attached hydrogens (tertiary/aromatic N) is 4. The number of thiazole rings is 1. The summed E-state index contributed by atoms with van der Waals surface area (Å²) in [6.07, 6.45) is 3.95. The predicted octanol–water partition coefficient (Wildman–Crippen LogP) is 4.90. The van der Waals surface area contributed by atoms with Crippen LogP contribution in [0.1, 0.15) is 56.3 Å². The third-order valence-electron chi connectivity index (χ3n) is 9.12. The van der Waals surface area contributed by atoms with Crippen LogP contribution in [0.2, 0.25) is 0 Å². The zero-order chi connectivity index (χ0) is 38.5. The number of benzene rings is 2. The largest absolute Gasteiger partial charge is 0.501 e. The van der Waals surface area contributed by atoms with E-state index in [1.54, 1.807) is 65.8 Å². The number of rotatable bonds is 18. The van der Waals surface area contributed by atoms with Crippen LogP contribution < -0.4 is 14.8 Å². The van der Waals surface area contributed by atoms with E-state index >= 15 is 0 Å². The molecule has 2 aromatic carbocycles. The molecule has 1 heterocycles. The number of methoxy groups -OCH3 is 3. The number of hydrogen-bond acceptors (Lipinski definition) is 9. The molecule has 52 heavy (non-hydrogen) atoms. The maximum Gasteiger partial charge on any atom is 0.250 e.